The number of hydrogen-bond donors (Lipinski definition) is 0. The number of hydrogen-bond acceptors (Lipinski definition) is 2. The Balaban J connectivity index is 1.62. The quantitative estimate of drug-likeness (QED) is 0.771. The van der Waals surface area contributed by atoms with Gasteiger partial charge in [-0.25, -0.2) is 0 Å². The first-order chi connectivity index (χ1) is 11.7. The third-order valence-corrected chi connectivity index (χ3v) is 5.19. The molecule has 0 aromatic heterocycles. The molecule has 0 aliphatic carbocycles. The van der Waals surface area contributed by atoms with Gasteiger partial charge in [-0.3, -0.25) is 4.90 Å². The molecule has 0 bridgehead atoms. The van der Waals surface area contributed by atoms with Crippen molar-refractivity contribution in [3.8, 4) is 0 Å². The first kappa shape index (κ1) is 16.9. The second-order valence-electron chi connectivity index (χ2n) is 7.02. The van der Waals surface area contributed by atoms with Crippen molar-refractivity contribution in [3.63, 3.8) is 0 Å². The summed E-state index contributed by atoms with van der Waals surface area (Å²) in [6.45, 7) is 5.01. The number of Topliss-reactive ketones (excluding diaryl/α,β-unsaturated/α-hetero) is 1. The fourth-order valence-electron chi connectivity index (χ4n) is 3.92. The summed E-state index contributed by atoms with van der Waals surface area (Å²) in [5.41, 5.74) is 2.72. The first-order valence-corrected chi connectivity index (χ1v) is 9.03. The molecule has 1 fully saturated rings. The number of rotatable bonds is 6. The summed E-state index contributed by atoms with van der Waals surface area (Å²) < 4.78 is 0. The van der Waals surface area contributed by atoms with Crippen LogP contribution in [0.5, 0.6) is 0 Å². The maximum Gasteiger partial charge on any atom is 0.130 e. The molecule has 1 atom stereocenters. The molecule has 2 nitrogen and oxygen atoms in total. The Hall–Kier alpha value is -1.93. The van der Waals surface area contributed by atoms with Gasteiger partial charge in [-0.2, -0.15) is 0 Å². The van der Waals surface area contributed by atoms with Gasteiger partial charge >= 0.3 is 0 Å². The van der Waals surface area contributed by atoms with Crippen LogP contribution in [0.4, 0.5) is 0 Å². The molecule has 0 N–H and O–H groups in total. The fraction of sp³-hybridized carbons (Fsp3) is 0.409. The van der Waals surface area contributed by atoms with E-state index in [4.69, 9.17) is 0 Å². The van der Waals surface area contributed by atoms with E-state index < -0.39 is 0 Å². The number of ketones is 1. The molecule has 0 saturated carbocycles. The largest absolute Gasteiger partial charge is 0.300 e. The molecule has 1 aliphatic heterocycles. The molecule has 1 aliphatic rings. The zero-order valence-corrected chi connectivity index (χ0v) is 14.5. The third-order valence-electron chi connectivity index (χ3n) is 5.19. The topological polar surface area (TPSA) is 20.3 Å². The average molecular weight is 321 g/mol. The second-order valence-corrected chi connectivity index (χ2v) is 7.02. The van der Waals surface area contributed by atoms with Gasteiger partial charge in [-0.1, -0.05) is 60.7 Å². The molecule has 126 valence electrons. The van der Waals surface area contributed by atoms with Crippen LogP contribution in [0.1, 0.15) is 43.2 Å². The standard InChI is InChI=1S/C22H27NO/c1-18(24)16-22(20-10-6-3-7-11-20)21-12-14-23(15-13-21)17-19-8-4-2-5-9-19/h2-11,21-22H,12-17H2,1H3. The van der Waals surface area contributed by atoms with Crippen molar-refractivity contribution in [1.82, 2.24) is 4.90 Å². The van der Waals surface area contributed by atoms with Crippen LogP contribution in [0.2, 0.25) is 0 Å². The maximum absolute atomic E-state index is 11.8. The monoisotopic (exact) mass is 321 g/mol. The van der Waals surface area contributed by atoms with Crippen molar-refractivity contribution in [2.75, 3.05) is 13.1 Å². The van der Waals surface area contributed by atoms with E-state index >= 15 is 0 Å². The van der Waals surface area contributed by atoms with Crippen LogP contribution >= 0.6 is 0 Å². The molecule has 0 amide bonds. The molecule has 0 radical (unpaired) electrons. The highest BCUT2D eigenvalue weighted by atomic mass is 16.1. The Kier molecular flexibility index (Phi) is 5.81. The molecule has 2 aromatic rings. The molecule has 1 unspecified atom stereocenters. The first-order valence-electron chi connectivity index (χ1n) is 9.03. The maximum atomic E-state index is 11.8. The average Bonchev–Trinajstić information content (AvgIpc) is 2.62. The molecule has 0 spiro atoms. The van der Waals surface area contributed by atoms with Crippen molar-refractivity contribution in [3.05, 3.63) is 71.8 Å². The lowest BCUT2D eigenvalue weighted by Gasteiger charge is -2.36. The highest BCUT2D eigenvalue weighted by Crippen LogP contribution is 2.35. The summed E-state index contributed by atoms with van der Waals surface area (Å²) in [7, 11) is 0. The summed E-state index contributed by atoms with van der Waals surface area (Å²) in [4.78, 5) is 14.3. The van der Waals surface area contributed by atoms with E-state index in [2.05, 4.69) is 65.6 Å². The summed E-state index contributed by atoms with van der Waals surface area (Å²) in [5.74, 6) is 1.29. The predicted octanol–water partition coefficient (Wildman–Crippen LogP) is 4.66. The molecule has 2 heteroatoms. The molecule has 3 rings (SSSR count). The second kappa shape index (κ2) is 8.25. The fourth-order valence-corrected chi connectivity index (χ4v) is 3.92. The molecule has 2 aromatic carbocycles. The summed E-state index contributed by atoms with van der Waals surface area (Å²) in [6, 6.07) is 21.3. The number of carbonyl (C=O) groups excluding carboxylic acids is 1. The van der Waals surface area contributed by atoms with Gasteiger partial charge in [0.15, 0.2) is 0 Å². The Morgan fingerprint density at radius 1 is 1.00 bits per heavy atom. The smallest absolute Gasteiger partial charge is 0.130 e. The van der Waals surface area contributed by atoms with Crippen LogP contribution in [0, 0.1) is 5.92 Å². The molecular weight excluding hydrogens is 294 g/mol. The van der Waals surface area contributed by atoms with Gasteiger partial charge in [-0.15, -0.1) is 0 Å². The predicted molar refractivity (Wildman–Crippen MR) is 98.9 cm³/mol. The van der Waals surface area contributed by atoms with Crippen molar-refractivity contribution in [2.45, 2.75) is 38.6 Å². The minimum Gasteiger partial charge on any atom is -0.300 e. The normalized spacial score (nSPS) is 17.5. The van der Waals surface area contributed by atoms with E-state index in [0.29, 0.717) is 24.0 Å². The van der Waals surface area contributed by atoms with Crippen molar-refractivity contribution < 1.29 is 4.79 Å². The number of likely N-dealkylation sites (tertiary alicyclic amines) is 1. The van der Waals surface area contributed by atoms with Crippen LogP contribution in [-0.4, -0.2) is 23.8 Å². The summed E-state index contributed by atoms with van der Waals surface area (Å²) in [6.07, 6.45) is 3.03. The van der Waals surface area contributed by atoms with E-state index in [0.717, 1.165) is 19.6 Å². The van der Waals surface area contributed by atoms with Gasteiger partial charge in [0.1, 0.15) is 5.78 Å². The number of benzene rings is 2. The molecular formula is C22H27NO. The van der Waals surface area contributed by atoms with E-state index in [-0.39, 0.29) is 0 Å². The van der Waals surface area contributed by atoms with Gasteiger partial charge in [0.2, 0.25) is 0 Å². The Morgan fingerprint density at radius 3 is 2.17 bits per heavy atom. The van der Waals surface area contributed by atoms with Crippen LogP contribution in [0.3, 0.4) is 0 Å². The highest BCUT2D eigenvalue weighted by Gasteiger charge is 2.28. The van der Waals surface area contributed by atoms with E-state index in [1.54, 1.807) is 6.92 Å². The molecule has 1 heterocycles. The van der Waals surface area contributed by atoms with E-state index in [1.165, 1.54) is 24.0 Å². The molecule has 1 saturated heterocycles. The zero-order chi connectivity index (χ0) is 16.8. The van der Waals surface area contributed by atoms with Crippen LogP contribution < -0.4 is 0 Å². The van der Waals surface area contributed by atoms with Gasteiger partial charge in [0.25, 0.3) is 0 Å². The molecule has 24 heavy (non-hydrogen) atoms. The number of carbonyl (C=O) groups is 1. The van der Waals surface area contributed by atoms with Crippen LogP contribution in [0.25, 0.3) is 0 Å². The highest BCUT2D eigenvalue weighted by molar-refractivity contribution is 5.76. The minimum atomic E-state index is 0.301. The van der Waals surface area contributed by atoms with Gasteiger partial charge in [-0.05, 0) is 55.8 Å². The summed E-state index contributed by atoms with van der Waals surface area (Å²) in [5, 5.41) is 0. The van der Waals surface area contributed by atoms with Crippen LogP contribution in [-0.2, 0) is 11.3 Å². The van der Waals surface area contributed by atoms with Crippen molar-refractivity contribution in [2.24, 2.45) is 5.92 Å². The van der Waals surface area contributed by atoms with Gasteiger partial charge in [0.05, 0.1) is 0 Å². The Labute approximate surface area is 145 Å². The number of nitrogens with zero attached hydrogens (tertiary/aromatic N) is 1. The Morgan fingerprint density at radius 2 is 1.58 bits per heavy atom. The van der Waals surface area contributed by atoms with Crippen molar-refractivity contribution >= 4 is 5.78 Å². The van der Waals surface area contributed by atoms with Crippen LogP contribution in [0.15, 0.2) is 60.7 Å². The lowest BCUT2D eigenvalue weighted by molar-refractivity contribution is -0.117. The van der Waals surface area contributed by atoms with Gasteiger partial charge in [0, 0.05) is 13.0 Å². The number of piperidine rings is 1. The van der Waals surface area contributed by atoms with Gasteiger partial charge < -0.3 is 4.79 Å². The lowest BCUT2D eigenvalue weighted by Crippen LogP contribution is -2.35. The lowest BCUT2D eigenvalue weighted by atomic mass is 9.77. The summed E-state index contributed by atoms with van der Waals surface area (Å²) >= 11 is 0. The zero-order valence-electron chi connectivity index (χ0n) is 14.5. The van der Waals surface area contributed by atoms with E-state index in [1.807, 2.05) is 0 Å². The SMILES string of the molecule is CC(=O)CC(c1ccccc1)C1CCN(Cc2ccccc2)CC1. The van der Waals surface area contributed by atoms with Crippen molar-refractivity contribution in [1.29, 1.82) is 0 Å². The Bertz CT molecular complexity index is 630. The van der Waals surface area contributed by atoms with E-state index in [9.17, 15) is 4.79 Å². The third kappa shape index (κ3) is 4.55. The minimum absolute atomic E-state index is 0.301.